The first-order chi connectivity index (χ1) is 15.8. The van der Waals surface area contributed by atoms with Crippen LogP contribution in [0.1, 0.15) is 27.3 Å². The van der Waals surface area contributed by atoms with Gasteiger partial charge >= 0.3 is 6.18 Å². The predicted molar refractivity (Wildman–Crippen MR) is 125 cm³/mol. The highest BCUT2D eigenvalue weighted by Gasteiger charge is 2.30. The Morgan fingerprint density at radius 1 is 0.939 bits per heavy atom. The molecule has 0 aliphatic carbocycles. The third-order valence-corrected chi connectivity index (χ3v) is 6.98. The number of nitrogens with zero attached hydrogens (tertiary/aromatic N) is 3. The van der Waals surface area contributed by atoms with Gasteiger partial charge in [-0.15, -0.1) is 11.3 Å². The average Bonchev–Trinajstić information content (AvgIpc) is 3.27. The summed E-state index contributed by atoms with van der Waals surface area (Å²) in [5, 5.41) is 0. The first-order valence-corrected chi connectivity index (χ1v) is 11.6. The lowest BCUT2D eigenvalue weighted by Gasteiger charge is -2.27. The molecule has 1 aliphatic rings. The largest absolute Gasteiger partial charge is 0.416 e. The van der Waals surface area contributed by atoms with E-state index in [1.54, 1.807) is 0 Å². The van der Waals surface area contributed by atoms with E-state index in [1.165, 1.54) is 33.0 Å². The number of aromatic nitrogens is 2. The topological polar surface area (TPSA) is 29.0 Å². The van der Waals surface area contributed by atoms with E-state index >= 15 is 0 Å². The summed E-state index contributed by atoms with van der Waals surface area (Å²) >= 11 is 1.82. The minimum Gasteiger partial charge on any atom is -0.293 e. The zero-order valence-corrected chi connectivity index (χ0v) is 18.9. The van der Waals surface area contributed by atoms with E-state index in [1.807, 2.05) is 17.5 Å². The Kier molecular flexibility index (Phi) is 5.76. The molecule has 1 aliphatic heterocycles. The molecule has 0 fully saturated rings. The van der Waals surface area contributed by atoms with Gasteiger partial charge in [0.1, 0.15) is 0 Å². The highest BCUT2D eigenvalue weighted by molar-refractivity contribution is 7.15. The van der Waals surface area contributed by atoms with Crippen LogP contribution in [0.4, 0.5) is 13.2 Å². The molecule has 7 heteroatoms. The van der Waals surface area contributed by atoms with E-state index < -0.39 is 11.7 Å². The molecule has 5 rings (SSSR count). The van der Waals surface area contributed by atoms with Crippen molar-refractivity contribution in [3.63, 3.8) is 0 Å². The van der Waals surface area contributed by atoms with Gasteiger partial charge in [-0.05, 0) is 36.8 Å². The van der Waals surface area contributed by atoms with Crippen LogP contribution in [0, 0.1) is 6.92 Å². The Bertz CT molecular complexity index is 1260. The average molecular weight is 466 g/mol. The van der Waals surface area contributed by atoms with Crippen molar-refractivity contribution in [1.82, 2.24) is 14.9 Å². The lowest BCUT2D eigenvalue weighted by atomic mass is 10.1. The Labute approximate surface area is 194 Å². The first kappa shape index (κ1) is 21.8. The second kappa shape index (κ2) is 8.72. The van der Waals surface area contributed by atoms with E-state index in [2.05, 4.69) is 58.2 Å². The lowest BCUT2D eigenvalue weighted by Crippen LogP contribution is -2.30. The van der Waals surface area contributed by atoms with Gasteiger partial charge in [0.05, 0.1) is 11.3 Å². The number of hydrogen-bond donors (Lipinski definition) is 0. The molecule has 168 valence electrons. The summed E-state index contributed by atoms with van der Waals surface area (Å²) in [5.41, 5.74) is 4.47. The van der Waals surface area contributed by atoms with E-state index in [4.69, 9.17) is 0 Å². The maximum absolute atomic E-state index is 12.8. The quantitative estimate of drug-likeness (QED) is 0.334. The van der Waals surface area contributed by atoms with Crippen LogP contribution in [0.25, 0.3) is 21.8 Å². The van der Waals surface area contributed by atoms with Gasteiger partial charge in [-0.1, -0.05) is 42.0 Å². The Morgan fingerprint density at radius 3 is 2.39 bits per heavy atom. The zero-order chi connectivity index (χ0) is 23.0. The normalized spacial score (nSPS) is 14.3. The number of thiophene rings is 1. The molecule has 3 heterocycles. The standard InChI is InChI=1S/C26H22F3N3S/c1-17-2-4-18(5-3-17)24-11-10-22(33-24)16-32-13-12-23-20(15-32)14-30-25(31-23)19-6-8-21(9-7-19)26(27,28)29/h2-11,14H,12-13,15-16H2,1H3. The van der Waals surface area contributed by atoms with Crippen molar-refractivity contribution in [2.45, 2.75) is 32.6 Å². The summed E-state index contributed by atoms with van der Waals surface area (Å²) in [7, 11) is 0. The molecule has 2 aromatic heterocycles. The van der Waals surface area contributed by atoms with Gasteiger partial charge in [0, 0.05) is 53.1 Å². The van der Waals surface area contributed by atoms with Gasteiger partial charge in [0.2, 0.25) is 0 Å². The number of aryl methyl sites for hydroxylation is 1. The fourth-order valence-corrected chi connectivity index (χ4v) is 5.07. The van der Waals surface area contributed by atoms with Crippen LogP contribution >= 0.6 is 11.3 Å². The van der Waals surface area contributed by atoms with E-state index in [9.17, 15) is 13.2 Å². The molecule has 0 N–H and O–H groups in total. The molecule has 0 radical (unpaired) electrons. The van der Waals surface area contributed by atoms with Gasteiger partial charge in [0.25, 0.3) is 0 Å². The number of fused-ring (bicyclic) bond motifs is 1. The fourth-order valence-electron chi connectivity index (χ4n) is 4.01. The van der Waals surface area contributed by atoms with Gasteiger partial charge in [-0.3, -0.25) is 4.90 Å². The predicted octanol–water partition coefficient (Wildman–Crippen LogP) is 6.76. The van der Waals surface area contributed by atoms with E-state index in [0.717, 1.165) is 49.4 Å². The second-order valence-electron chi connectivity index (χ2n) is 8.33. The third kappa shape index (κ3) is 4.84. The zero-order valence-electron chi connectivity index (χ0n) is 18.1. The van der Waals surface area contributed by atoms with Crippen molar-refractivity contribution in [2.24, 2.45) is 0 Å². The summed E-state index contributed by atoms with van der Waals surface area (Å²) < 4.78 is 38.4. The van der Waals surface area contributed by atoms with Crippen LogP contribution < -0.4 is 0 Å². The third-order valence-electron chi connectivity index (χ3n) is 5.86. The molecule has 0 amide bonds. The van der Waals surface area contributed by atoms with Crippen LogP contribution in [0.2, 0.25) is 0 Å². The van der Waals surface area contributed by atoms with Crippen molar-refractivity contribution in [3.8, 4) is 21.8 Å². The molecule has 3 nitrogen and oxygen atoms in total. The Hall–Kier alpha value is -3.03. The number of halogens is 3. The van der Waals surface area contributed by atoms with Gasteiger partial charge in [0.15, 0.2) is 5.82 Å². The minimum atomic E-state index is -4.35. The monoisotopic (exact) mass is 465 g/mol. The molecule has 0 atom stereocenters. The van der Waals surface area contributed by atoms with E-state index in [0.29, 0.717) is 11.4 Å². The molecule has 2 aromatic carbocycles. The molecule has 0 saturated carbocycles. The summed E-state index contributed by atoms with van der Waals surface area (Å²) in [5.74, 6) is 0.469. The van der Waals surface area contributed by atoms with Crippen LogP contribution in [-0.2, 0) is 25.7 Å². The maximum atomic E-state index is 12.8. The summed E-state index contributed by atoms with van der Waals surface area (Å²) in [6, 6.07) is 18.0. The highest BCUT2D eigenvalue weighted by atomic mass is 32.1. The number of benzene rings is 2. The van der Waals surface area contributed by atoms with Crippen molar-refractivity contribution in [3.05, 3.63) is 94.1 Å². The SMILES string of the molecule is Cc1ccc(-c2ccc(CN3CCc4nc(-c5ccc(C(F)(F)F)cc5)ncc4C3)s2)cc1. The summed E-state index contributed by atoms with van der Waals surface area (Å²) in [6.07, 6.45) is -1.74. The molecule has 0 bridgehead atoms. The van der Waals surface area contributed by atoms with E-state index in [-0.39, 0.29) is 0 Å². The van der Waals surface area contributed by atoms with Crippen molar-refractivity contribution in [2.75, 3.05) is 6.54 Å². The van der Waals surface area contributed by atoms with Crippen LogP contribution in [0.15, 0.2) is 66.9 Å². The van der Waals surface area contributed by atoms with Crippen molar-refractivity contribution in [1.29, 1.82) is 0 Å². The number of rotatable bonds is 4. The van der Waals surface area contributed by atoms with Crippen LogP contribution in [0.3, 0.4) is 0 Å². The smallest absolute Gasteiger partial charge is 0.293 e. The molecule has 0 saturated heterocycles. The fraction of sp³-hybridized carbons (Fsp3) is 0.231. The Morgan fingerprint density at radius 2 is 1.67 bits per heavy atom. The maximum Gasteiger partial charge on any atom is 0.416 e. The first-order valence-electron chi connectivity index (χ1n) is 10.8. The van der Waals surface area contributed by atoms with Crippen LogP contribution in [-0.4, -0.2) is 21.4 Å². The minimum absolute atomic E-state index is 0.469. The summed E-state index contributed by atoms with van der Waals surface area (Å²) in [4.78, 5) is 14.1. The molecular weight excluding hydrogens is 443 g/mol. The molecule has 0 unspecified atom stereocenters. The Balaban J connectivity index is 1.27. The molecule has 0 spiro atoms. The van der Waals surface area contributed by atoms with Crippen molar-refractivity contribution >= 4 is 11.3 Å². The second-order valence-corrected chi connectivity index (χ2v) is 9.50. The number of hydrogen-bond acceptors (Lipinski definition) is 4. The molecule has 33 heavy (non-hydrogen) atoms. The number of alkyl halides is 3. The molecule has 4 aromatic rings. The van der Waals surface area contributed by atoms with Crippen molar-refractivity contribution < 1.29 is 13.2 Å². The van der Waals surface area contributed by atoms with Gasteiger partial charge < -0.3 is 0 Å². The van der Waals surface area contributed by atoms with Gasteiger partial charge in [-0.25, -0.2) is 9.97 Å². The lowest BCUT2D eigenvalue weighted by molar-refractivity contribution is -0.137. The van der Waals surface area contributed by atoms with Crippen LogP contribution in [0.5, 0.6) is 0 Å². The summed E-state index contributed by atoms with van der Waals surface area (Å²) in [6.45, 7) is 4.61. The molecular formula is C26H22F3N3S. The highest BCUT2D eigenvalue weighted by Crippen LogP contribution is 2.32. The van der Waals surface area contributed by atoms with Gasteiger partial charge in [-0.2, -0.15) is 13.2 Å².